The van der Waals surface area contributed by atoms with Crippen molar-refractivity contribution in [3.63, 3.8) is 0 Å². The topological polar surface area (TPSA) is 106 Å². The van der Waals surface area contributed by atoms with Crippen molar-refractivity contribution < 1.29 is 23.8 Å². The van der Waals surface area contributed by atoms with Gasteiger partial charge in [-0.25, -0.2) is 9.59 Å². The van der Waals surface area contributed by atoms with E-state index in [1.54, 1.807) is 18.2 Å². The van der Waals surface area contributed by atoms with Gasteiger partial charge in [0.25, 0.3) is 5.91 Å². The second-order valence-corrected chi connectivity index (χ2v) is 6.05. The van der Waals surface area contributed by atoms with Gasteiger partial charge in [-0.05, 0) is 37.5 Å². The fourth-order valence-electron chi connectivity index (χ4n) is 2.67. The normalized spacial score (nSPS) is 13.2. The van der Waals surface area contributed by atoms with Crippen LogP contribution in [0.5, 0.6) is 5.75 Å². The Morgan fingerprint density at radius 2 is 2.00 bits per heavy atom. The van der Waals surface area contributed by atoms with E-state index >= 15 is 0 Å². The van der Waals surface area contributed by atoms with E-state index < -0.39 is 29.6 Å². The third-order valence-corrected chi connectivity index (χ3v) is 4.06. The minimum Gasteiger partial charge on any atom is -0.481 e. The van der Waals surface area contributed by atoms with Gasteiger partial charge >= 0.3 is 11.6 Å². The van der Waals surface area contributed by atoms with Crippen LogP contribution < -0.4 is 15.7 Å². The molecule has 0 aliphatic carbocycles. The summed E-state index contributed by atoms with van der Waals surface area (Å²) in [6, 6.07) is 5.53. The minimum atomic E-state index is -1.08. The molecule has 2 atom stereocenters. The second kappa shape index (κ2) is 8.51. The molecular formula is C19H23NO6. The Kier molecular flexibility index (Phi) is 6.38. The number of ether oxygens (including phenoxy) is 1. The van der Waals surface area contributed by atoms with Gasteiger partial charge in [-0.15, -0.1) is 0 Å². The first-order chi connectivity index (χ1) is 12.3. The molecule has 0 radical (unpaired) electrons. The SMILES string of the molecule is CCC[C@H](NC(=O)[C@@H](C)Oc1ccc2c(CC)cc(=O)oc2c1)C(=O)O. The van der Waals surface area contributed by atoms with E-state index in [1.807, 2.05) is 13.8 Å². The number of carboxylic acid groups (broad SMARTS) is 1. The van der Waals surface area contributed by atoms with E-state index in [-0.39, 0.29) is 0 Å². The molecule has 2 aromatic rings. The Balaban J connectivity index is 2.15. The number of hydrogen-bond donors (Lipinski definition) is 2. The van der Waals surface area contributed by atoms with Crippen molar-refractivity contribution in [3.05, 3.63) is 40.2 Å². The molecule has 1 amide bonds. The average molecular weight is 361 g/mol. The molecular weight excluding hydrogens is 338 g/mol. The van der Waals surface area contributed by atoms with Crippen LogP contribution in [-0.2, 0) is 16.0 Å². The summed E-state index contributed by atoms with van der Waals surface area (Å²) >= 11 is 0. The molecule has 26 heavy (non-hydrogen) atoms. The number of nitrogens with one attached hydrogen (secondary N) is 1. The molecule has 1 aromatic heterocycles. The number of carbonyl (C=O) groups is 2. The second-order valence-electron chi connectivity index (χ2n) is 6.05. The highest BCUT2D eigenvalue weighted by atomic mass is 16.5. The molecule has 0 aliphatic rings. The number of aryl methyl sites for hydroxylation is 1. The molecule has 140 valence electrons. The summed E-state index contributed by atoms with van der Waals surface area (Å²) in [6.45, 7) is 5.32. The van der Waals surface area contributed by atoms with Gasteiger partial charge in [-0.1, -0.05) is 20.3 Å². The molecule has 2 rings (SSSR count). The Labute approximate surface area is 151 Å². The number of fused-ring (bicyclic) bond motifs is 1. The van der Waals surface area contributed by atoms with Gasteiger partial charge in [-0.2, -0.15) is 0 Å². The van der Waals surface area contributed by atoms with Crippen molar-refractivity contribution in [1.29, 1.82) is 0 Å². The molecule has 0 aliphatic heterocycles. The number of carbonyl (C=O) groups excluding carboxylic acids is 1. The van der Waals surface area contributed by atoms with Gasteiger partial charge in [0, 0.05) is 17.5 Å². The number of benzene rings is 1. The smallest absolute Gasteiger partial charge is 0.336 e. The van der Waals surface area contributed by atoms with Crippen LogP contribution in [-0.4, -0.2) is 29.1 Å². The van der Waals surface area contributed by atoms with Gasteiger partial charge in [0.15, 0.2) is 6.10 Å². The largest absolute Gasteiger partial charge is 0.481 e. The van der Waals surface area contributed by atoms with E-state index in [0.717, 1.165) is 10.9 Å². The fraction of sp³-hybridized carbons (Fsp3) is 0.421. The number of rotatable bonds is 8. The van der Waals surface area contributed by atoms with Gasteiger partial charge < -0.3 is 19.6 Å². The van der Waals surface area contributed by atoms with E-state index in [2.05, 4.69) is 5.32 Å². The molecule has 0 bridgehead atoms. The summed E-state index contributed by atoms with van der Waals surface area (Å²) in [5.74, 6) is -1.24. The van der Waals surface area contributed by atoms with Crippen LogP contribution in [0.15, 0.2) is 33.5 Å². The van der Waals surface area contributed by atoms with Crippen LogP contribution in [0.3, 0.4) is 0 Å². The van der Waals surface area contributed by atoms with Gasteiger partial charge in [0.2, 0.25) is 0 Å². The fourth-order valence-corrected chi connectivity index (χ4v) is 2.67. The zero-order valence-electron chi connectivity index (χ0n) is 15.1. The lowest BCUT2D eigenvalue weighted by Gasteiger charge is -2.18. The molecule has 0 unspecified atom stereocenters. The summed E-state index contributed by atoms with van der Waals surface area (Å²) in [4.78, 5) is 35.0. The molecule has 0 saturated carbocycles. The van der Waals surface area contributed by atoms with Crippen LogP contribution in [0.2, 0.25) is 0 Å². The van der Waals surface area contributed by atoms with Crippen molar-refractivity contribution in [2.75, 3.05) is 0 Å². The predicted molar refractivity (Wildman–Crippen MR) is 96.4 cm³/mol. The maximum absolute atomic E-state index is 12.2. The Hall–Kier alpha value is -2.83. The third-order valence-electron chi connectivity index (χ3n) is 4.06. The molecule has 1 aromatic carbocycles. The number of hydrogen-bond acceptors (Lipinski definition) is 5. The Morgan fingerprint density at radius 1 is 1.27 bits per heavy atom. The first kappa shape index (κ1) is 19.5. The van der Waals surface area contributed by atoms with Crippen molar-refractivity contribution in [2.24, 2.45) is 0 Å². The molecule has 2 N–H and O–H groups in total. The standard InChI is InChI=1S/C19H23NO6/c1-4-6-15(19(23)24)20-18(22)11(3)25-13-7-8-14-12(5-2)9-17(21)26-16(14)10-13/h7-11,15H,4-6H2,1-3H3,(H,20,22)(H,23,24)/t11-,15+/m1/s1. The van der Waals surface area contributed by atoms with Crippen molar-refractivity contribution >= 4 is 22.8 Å². The summed E-state index contributed by atoms with van der Waals surface area (Å²) in [7, 11) is 0. The zero-order chi connectivity index (χ0) is 19.3. The average Bonchev–Trinajstić information content (AvgIpc) is 2.59. The molecule has 7 nitrogen and oxygen atoms in total. The number of aliphatic carboxylic acids is 1. The van der Waals surface area contributed by atoms with E-state index in [9.17, 15) is 14.4 Å². The van der Waals surface area contributed by atoms with Gasteiger partial charge in [0.1, 0.15) is 17.4 Å². The third kappa shape index (κ3) is 4.62. The molecule has 0 spiro atoms. The van der Waals surface area contributed by atoms with E-state index in [1.165, 1.54) is 13.0 Å². The zero-order valence-corrected chi connectivity index (χ0v) is 15.1. The molecule has 7 heteroatoms. The Morgan fingerprint density at radius 3 is 2.62 bits per heavy atom. The maximum atomic E-state index is 12.2. The van der Waals surface area contributed by atoms with Crippen molar-refractivity contribution in [2.45, 2.75) is 52.2 Å². The summed E-state index contributed by atoms with van der Waals surface area (Å²) in [6.07, 6.45) is 0.770. The lowest BCUT2D eigenvalue weighted by Crippen LogP contribution is -2.46. The first-order valence-corrected chi connectivity index (χ1v) is 8.62. The van der Waals surface area contributed by atoms with Gasteiger partial charge in [-0.3, -0.25) is 4.79 Å². The van der Waals surface area contributed by atoms with E-state index in [4.69, 9.17) is 14.3 Å². The van der Waals surface area contributed by atoms with E-state index in [0.29, 0.717) is 30.6 Å². The molecule has 0 fully saturated rings. The molecule has 0 saturated heterocycles. The van der Waals surface area contributed by atoms with Crippen LogP contribution in [0.1, 0.15) is 39.2 Å². The summed E-state index contributed by atoms with van der Waals surface area (Å²) in [5.41, 5.74) is 0.812. The lowest BCUT2D eigenvalue weighted by atomic mass is 10.1. The van der Waals surface area contributed by atoms with Crippen LogP contribution >= 0.6 is 0 Å². The highest BCUT2D eigenvalue weighted by Crippen LogP contribution is 2.23. The minimum absolute atomic E-state index is 0.342. The maximum Gasteiger partial charge on any atom is 0.336 e. The monoisotopic (exact) mass is 361 g/mol. The van der Waals surface area contributed by atoms with Crippen molar-refractivity contribution in [3.8, 4) is 5.75 Å². The van der Waals surface area contributed by atoms with Crippen LogP contribution in [0.25, 0.3) is 11.0 Å². The number of amides is 1. The van der Waals surface area contributed by atoms with Crippen molar-refractivity contribution in [1.82, 2.24) is 5.32 Å². The highest BCUT2D eigenvalue weighted by molar-refractivity contribution is 5.86. The van der Waals surface area contributed by atoms with Crippen LogP contribution in [0.4, 0.5) is 0 Å². The predicted octanol–water partition coefficient (Wildman–Crippen LogP) is 2.49. The number of carboxylic acids is 1. The highest BCUT2D eigenvalue weighted by Gasteiger charge is 2.23. The lowest BCUT2D eigenvalue weighted by molar-refractivity contribution is -0.143. The summed E-state index contributed by atoms with van der Waals surface area (Å²) < 4.78 is 10.8. The first-order valence-electron chi connectivity index (χ1n) is 8.62. The quantitative estimate of drug-likeness (QED) is 0.700. The van der Waals surface area contributed by atoms with Crippen LogP contribution in [0, 0.1) is 0 Å². The molecule has 1 heterocycles. The Bertz CT molecular complexity index is 857. The van der Waals surface area contributed by atoms with Gasteiger partial charge in [0.05, 0.1) is 0 Å². The summed E-state index contributed by atoms with van der Waals surface area (Å²) in [5, 5.41) is 12.4.